The molecule has 0 aliphatic carbocycles. The summed E-state index contributed by atoms with van der Waals surface area (Å²) in [5, 5.41) is 16.9. The van der Waals surface area contributed by atoms with Crippen molar-refractivity contribution in [1.29, 1.82) is 5.26 Å². The van der Waals surface area contributed by atoms with Gasteiger partial charge in [-0.05, 0) is 54.1 Å². The predicted octanol–water partition coefficient (Wildman–Crippen LogP) is 2.21. The predicted molar refractivity (Wildman–Crippen MR) is 107 cm³/mol. The number of primary sulfonamides is 1. The van der Waals surface area contributed by atoms with Crippen molar-refractivity contribution in [1.82, 2.24) is 0 Å². The lowest BCUT2D eigenvalue weighted by atomic mass is 10.0. The highest BCUT2D eigenvalue weighted by Gasteiger charge is 2.15. The van der Waals surface area contributed by atoms with Gasteiger partial charge in [-0.15, -0.1) is 0 Å². The van der Waals surface area contributed by atoms with Gasteiger partial charge in [-0.3, -0.25) is 4.79 Å². The second-order valence-electron chi connectivity index (χ2n) is 6.11. The summed E-state index contributed by atoms with van der Waals surface area (Å²) in [4.78, 5) is 12.3. The Morgan fingerprint density at radius 3 is 2.62 bits per heavy atom. The fourth-order valence-electron chi connectivity index (χ4n) is 2.63. The number of hydrogen-bond acceptors (Lipinski definition) is 6. The van der Waals surface area contributed by atoms with Crippen molar-refractivity contribution in [2.45, 2.75) is 4.90 Å². The van der Waals surface area contributed by atoms with Gasteiger partial charge in [0, 0.05) is 17.3 Å². The van der Waals surface area contributed by atoms with E-state index < -0.39 is 15.9 Å². The fraction of sp³-hybridized carbons (Fsp3) is 0.100. The molecule has 0 aromatic heterocycles. The van der Waals surface area contributed by atoms with Crippen LogP contribution in [0, 0.1) is 11.3 Å². The van der Waals surface area contributed by atoms with Gasteiger partial charge in [-0.25, -0.2) is 13.6 Å². The number of benzene rings is 2. The van der Waals surface area contributed by atoms with Crippen LogP contribution in [-0.2, 0) is 14.8 Å². The lowest BCUT2D eigenvalue weighted by Crippen LogP contribution is -2.15. The summed E-state index contributed by atoms with van der Waals surface area (Å²) in [6, 6.07) is 12.5. The Kier molecular flexibility index (Phi) is 5.68. The van der Waals surface area contributed by atoms with E-state index in [0.29, 0.717) is 22.8 Å². The number of nitriles is 1. The maximum Gasteiger partial charge on any atom is 0.266 e. The van der Waals surface area contributed by atoms with Gasteiger partial charge < -0.3 is 14.8 Å². The number of hydrogen-bond donors (Lipinski definition) is 2. The van der Waals surface area contributed by atoms with Gasteiger partial charge in [0.25, 0.3) is 5.91 Å². The third-order valence-corrected chi connectivity index (χ3v) is 5.02. The first-order chi connectivity index (χ1) is 13.8. The number of rotatable bonds is 5. The van der Waals surface area contributed by atoms with Crippen LogP contribution in [0.5, 0.6) is 11.5 Å². The number of ether oxygens (including phenoxy) is 2. The molecule has 9 heteroatoms. The van der Waals surface area contributed by atoms with Crippen molar-refractivity contribution in [3.8, 4) is 17.6 Å². The molecule has 1 aliphatic heterocycles. The largest absolute Gasteiger partial charge is 0.497 e. The number of nitrogens with zero attached hydrogens (tertiary/aromatic N) is 1. The van der Waals surface area contributed by atoms with Crippen molar-refractivity contribution in [3.05, 3.63) is 65.3 Å². The van der Waals surface area contributed by atoms with Gasteiger partial charge in [0.15, 0.2) is 0 Å². The topological polar surface area (TPSA) is 132 Å². The van der Waals surface area contributed by atoms with Crippen LogP contribution in [0.15, 0.2) is 64.6 Å². The molecule has 3 rings (SSSR count). The van der Waals surface area contributed by atoms with Crippen molar-refractivity contribution in [2.24, 2.45) is 5.14 Å². The van der Waals surface area contributed by atoms with Crippen molar-refractivity contribution >= 4 is 27.7 Å². The molecule has 0 atom stereocenters. The van der Waals surface area contributed by atoms with Crippen molar-refractivity contribution in [3.63, 3.8) is 0 Å². The molecule has 148 valence electrons. The first-order valence-corrected chi connectivity index (χ1v) is 9.92. The highest BCUT2D eigenvalue weighted by atomic mass is 32.2. The number of carbonyl (C=O) groups is 1. The number of methoxy groups -OCH3 is 1. The number of nitrogens with two attached hydrogens (primary N) is 1. The van der Waals surface area contributed by atoms with Gasteiger partial charge in [0.1, 0.15) is 29.7 Å². The summed E-state index contributed by atoms with van der Waals surface area (Å²) in [5.74, 6) is 0.693. The second-order valence-corrected chi connectivity index (χ2v) is 7.67. The van der Waals surface area contributed by atoms with Crippen LogP contribution in [0.4, 0.5) is 5.69 Å². The smallest absolute Gasteiger partial charge is 0.266 e. The van der Waals surface area contributed by atoms with Gasteiger partial charge in [-0.1, -0.05) is 0 Å². The lowest BCUT2D eigenvalue weighted by Gasteiger charge is -2.17. The average Bonchev–Trinajstić information content (AvgIpc) is 2.71. The van der Waals surface area contributed by atoms with E-state index in [2.05, 4.69) is 5.32 Å². The van der Waals surface area contributed by atoms with Crippen LogP contribution >= 0.6 is 0 Å². The van der Waals surface area contributed by atoms with Crippen LogP contribution in [0.3, 0.4) is 0 Å². The normalized spacial score (nSPS) is 13.4. The molecule has 2 aromatic rings. The van der Waals surface area contributed by atoms with Crippen molar-refractivity contribution in [2.75, 3.05) is 19.0 Å². The molecule has 1 heterocycles. The minimum atomic E-state index is -3.82. The average molecular weight is 411 g/mol. The van der Waals surface area contributed by atoms with Crippen LogP contribution in [-0.4, -0.2) is 28.0 Å². The maximum atomic E-state index is 12.4. The quantitative estimate of drug-likeness (QED) is 0.573. The minimum absolute atomic E-state index is 0.0775. The molecular formula is C20H17N3O5S. The van der Waals surface area contributed by atoms with Crippen molar-refractivity contribution < 1.29 is 22.7 Å². The van der Waals surface area contributed by atoms with E-state index in [1.165, 1.54) is 30.3 Å². The molecule has 0 saturated heterocycles. The highest BCUT2D eigenvalue weighted by molar-refractivity contribution is 7.89. The SMILES string of the molecule is COc1ccc2c(c1)OCC(/C=C(\C#N)C(=O)Nc1ccc(S(N)(=O)=O)cc1)=C2. The third-order valence-electron chi connectivity index (χ3n) is 4.09. The third kappa shape index (κ3) is 4.82. The Morgan fingerprint density at radius 1 is 1.28 bits per heavy atom. The summed E-state index contributed by atoms with van der Waals surface area (Å²) < 4.78 is 33.4. The van der Waals surface area contributed by atoms with Crippen LogP contribution in [0.1, 0.15) is 5.56 Å². The van der Waals surface area contributed by atoms with Gasteiger partial charge >= 0.3 is 0 Å². The summed E-state index contributed by atoms with van der Waals surface area (Å²) >= 11 is 0. The van der Waals surface area contributed by atoms with E-state index >= 15 is 0 Å². The van der Waals surface area contributed by atoms with Gasteiger partial charge in [-0.2, -0.15) is 5.26 Å². The molecule has 3 N–H and O–H groups in total. The minimum Gasteiger partial charge on any atom is -0.497 e. The van der Waals surface area contributed by atoms with Crippen LogP contribution in [0.25, 0.3) is 6.08 Å². The summed E-state index contributed by atoms with van der Waals surface area (Å²) in [6.45, 7) is 0.196. The number of anilines is 1. The van der Waals surface area contributed by atoms with E-state index in [0.717, 1.165) is 5.56 Å². The Labute approximate surface area is 167 Å². The molecule has 1 aliphatic rings. The zero-order valence-electron chi connectivity index (χ0n) is 15.4. The Morgan fingerprint density at radius 2 is 2.00 bits per heavy atom. The zero-order chi connectivity index (χ0) is 21.0. The van der Waals surface area contributed by atoms with E-state index in [1.807, 2.05) is 18.2 Å². The monoisotopic (exact) mass is 411 g/mol. The number of carbonyl (C=O) groups excluding carboxylic acids is 1. The molecule has 29 heavy (non-hydrogen) atoms. The summed E-state index contributed by atoms with van der Waals surface area (Å²) in [6.07, 6.45) is 3.27. The second kappa shape index (κ2) is 8.18. The molecule has 0 fully saturated rings. The fourth-order valence-corrected chi connectivity index (χ4v) is 3.15. The zero-order valence-corrected chi connectivity index (χ0v) is 16.2. The lowest BCUT2D eigenvalue weighted by molar-refractivity contribution is -0.112. The molecule has 2 aromatic carbocycles. The number of amides is 1. The number of fused-ring (bicyclic) bond motifs is 1. The van der Waals surface area contributed by atoms with Gasteiger partial charge in [0.2, 0.25) is 10.0 Å². The molecule has 0 radical (unpaired) electrons. The molecule has 0 unspecified atom stereocenters. The van der Waals surface area contributed by atoms with Gasteiger partial charge in [0.05, 0.1) is 12.0 Å². The highest BCUT2D eigenvalue weighted by Crippen LogP contribution is 2.30. The Hall–Kier alpha value is -3.61. The molecule has 1 amide bonds. The van der Waals surface area contributed by atoms with Crippen LogP contribution < -0.4 is 19.9 Å². The van der Waals surface area contributed by atoms with E-state index in [9.17, 15) is 18.5 Å². The first-order valence-electron chi connectivity index (χ1n) is 8.37. The van der Waals surface area contributed by atoms with E-state index in [4.69, 9.17) is 14.6 Å². The Bertz CT molecular complexity index is 1160. The van der Waals surface area contributed by atoms with E-state index in [1.54, 1.807) is 19.2 Å². The molecule has 0 bridgehead atoms. The van der Waals surface area contributed by atoms with Crippen LogP contribution in [0.2, 0.25) is 0 Å². The van der Waals surface area contributed by atoms with E-state index in [-0.39, 0.29) is 17.1 Å². The molecule has 0 saturated carbocycles. The molecule has 0 spiro atoms. The molecular weight excluding hydrogens is 394 g/mol. The number of sulfonamides is 1. The summed E-state index contributed by atoms with van der Waals surface area (Å²) in [7, 11) is -2.26. The number of nitrogens with one attached hydrogen (secondary N) is 1. The maximum absolute atomic E-state index is 12.4. The standard InChI is InChI=1S/C20H17N3O5S/c1-27-17-5-2-14-8-13(12-28-19(14)10-17)9-15(11-21)20(24)23-16-3-6-18(7-4-16)29(22,25)26/h2-10H,12H2,1H3,(H,23,24)(H2,22,25,26)/b15-9+. The molecule has 8 nitrogen and oxygen atoms in total. The Balaban J connectivity index is 1.78. The summed E-state index contributed by atoms with van der Waals surface area (Å²) in [5.41, 5.74) is 1.67. The first kappa shape index (κ1) is 20.1.